The van der Waals surface area contributed by atoms with Crippen molar-refractivity contribution in [2.24, 2.45) is 0 Å². The summed E-state index contributed by atoms with van der Waals surface area (Å²) in [5.74, 6) is 1.83. The molecule has 0 atom stereocenters. The summed E-state index contributed by atoms with van der Waals surface area (Å²) in [7, 11) is 0. The smallest absolute Gasteiger partial charge is 0.164 e. The van der Waals surface area contributed by atoms with Gasteiger partial charge in [0, 0.05) is 38.4 Å². The van der Waals surface area contributed by atoms with Gasteiger partial charge in [-0.25, -0.2) is 19.9 Å². The van der Waals surface area contributed by atoms with Gasteiger partial charge in [-0.15, -0.1) is 0 Å². The van der Waals surface area contributed by atoms with Crippen LogP contribution in [0, 0.1) is 0 Å². The van der Waals surface area contributed by atoms with E-state index in [9.17, 15) is 0 Å². The van der Waals surface area contributed by atoms with Gasteiger partial charge in [-0.1, -0.05) is 194 Å². The molecule has 0 aliphatic carbocycles. The van der Waals surface area contributed by atoms with Gasteiger partial charge in [0.25, 0.3) is 0 Å². The molecule has 0 radical (unpaired) electrons. The van der Waals surface area contributed by atoms with Crippen molar-refractivity contribution in [2.45, 2.75) is 0 Å². The maximum absolute atomic E-state index is 5.41. The fourth-order valence-corrected chi connectivity index (χ4v) is 8.29. The van der Waals surface area contributed by atoms with Crippen LogP contribution < -0.4 is 0 Å². The average Bonchev–Trinajstić information content (AvgIpc) is 3.31. The van der Waals surface area contributed by atoms with Crippen molar-refractivity contribution in [3.8, 4) is 67.7 Å². The molecule has 0 spiro atoms. The van der Waals surface area contributed by atoms with Crippen molar-refractivity contribution in [2.75, 3.05) is 0 Å². The molecule has 2 aromatic heterocycles. The first kappa shape index (κ1) is 33.5. The average molecular weight is 739 g/mol. The fraction of sp³-hybridized carbons (Fsp3) is 0. The Bertz CT molecular complexity index is 3200. The van der Waals surface area contributed by atoms with Gasteiger partial charge < -0.3 is 0 Å². The van der Waals surface area contributed by atoms with Crippen molar-refractivity contribution in [3.63, 3.8) is 0 Å². The summed E-state index contributed by atoms with van der Waals surface area (Å²) in [6, 6.07) is 72.1. The highest BCUT2D eigenvalue weighted by Gasteiger charge is 2.19. The highest BCUT2D eigenvalue weighted by molar-refractivity contribution is 6.33. The lowest BCUT2D eigenvalue weighted by Crippen LogP contribution is -2.00. The van der Waals surface area contributed by atoms with E-state index in [-0.39, 0.29) is 0 Å². The van der Waals surface area contributed by atoms with E-state index in [2.05, 4.69) is 194 Å². The van der Waals surface area contributed by atoms with Crippen LogP contribution in [0.3, 0.4) is 0 Å². The van der Waals surface area contributed by atoms with Crippen LogP contribution in [0.15, 0.2) is 206 Å². The van der Waals surface area contributed by atoms with E-state index in [1.807, 2.05) is 12.1 Å². The van der Waals surface area contributed by atoms with Crippen LogP contribution in [0.2, 0.25) is 0 Å². The van der Waals surface area contributed by atoms with Crippen molar-refractivity contribution in [1.82, 2.24) is 19.9 Å². The zero-order valence-corrected chi connectivity index (χ0v) is 31.4. The standard InChI is InChI=1S/C54H34N4/c1-3-14-35(15-4-1)37-26-30-39(31-27-37)52-56-53(40-32-28-38(29-33-40)36-16-5-2-6-17-36)58-54(57-52)42-19-13-18-41(34-42)51-50-46-23-10-8-21-44(46)43-20-7-9-22-45(43)49(50)47-24-11-12-25-48(47)55-51/h1-34H. The molecular formula is C54H34N4. The Morgan fingerprint density at radius 2 is 0.603 bits per heavy atom. The Morgan fingerprint density at radius 1 is 0.224 bits per heavy atom. The molecular weight excluding hydrogens is 705 g/mol. The third-order valence-electron chi connectivity index (χ3n) is 11.1. The Balaban J connectivity index is 1.10. The van der Waals surface area contributed by atoms with Crippen LogP contribution in [-0.2, 0) is 0 Å². The number of para-hydroxylation sites is 1. The molecule has 0 N–H and O–H groups in total. The zero-order chi connectivity index (χ0) is 38.4. The molecule has 0 unspecified atom stereocenters. The van der Waals surface area contributed by atoms with Gasteiger partial charge in [-0.2, -0.15) is 0 Å². The summed E-state index contributed by atoms with van der Waals surface area (Å²) in [6.45, 7) is 0. The highest BCUT2D eigenvalue weighted by Crippen LogP contribution is 2.43. The van der Waals surface area contributed by atoms with Crippen LogP contribution >= 0.6 is 0 Å². The van der Waals surface area contributed by atoms with E-state index in [0.717, 1.165) is 66.5 Å². The molecule has 270 valence electrons. The molecule has 4 heteroatoms. The van der Waals surface area contributed by atoms with Crippen molar-refractivity contribution < 1.29 is 0 Å². The Morgan fingerprint density at radius 3 is 1.16 bits per heavy atom. The van der Waals surface area contributed by atoms with Crippen LogP contribution in [-0.4, -0.2) is 19.9 Å². The predicted octanol–water partition coefficient (Wildman–Crippen LogP) is 13.9. The van der Waals surface area contributed by atoms with E-state index >= 15 is 0 Å². The first-order valence-electron chi connectivity index (χ1n) is 19.6. The second-order valence-corrected chi connectivity index (χ2v) is 14.6. The summed E-state index contributed by atoms with van der Waals surface area (Å²) in [5.41, 5.74) is 10.2. The number of hydrogen-bond acceptors (Lipinski definition) is 4. The van der Waals surface area contributed by atoms with E-state index in [1.165, 1.54) is 26.9 Å². The molecule has 11 aromatic rings. The quantitative estimate of drug-likeness (QED) is 0.159. The van der Waals surface area contributed by atoms with Crippen molar-refractivity contribution in [3.05, 3.63) is 206 Å². The van der Waals surface area contributed by atoms with Gasteiger partial charge in [0.05, 0.1) is 11.2 Å². The third-order valence-corrected chi connectivity index (χ3v) is 11.1. The van der Waals surface area contributed by atoms with E-state index in [0.29, 0.717) is 17.5 Å². The Kier molecular flexibility index (Phi) is 8.11. The van der Waals surface area contributed by atoms with Gasteiger partial charge in [0.1, 0.15) is 0 Å². The second kappa shape index (κ2) is 14.0. The van der Waals surface area contributed by atoms with Crippen LogP contribution in [0.25, 0.3) is 111 Å². The van der Waals surface area contributed by atoms with Crippen LogP contribution in [0.1, 0.15) is 0 Å². The highest BCUT2D eigenvalue weighted by atomic mass is 15.0. The van der Waals surface area contributed by atoms with Crippen LogP contribution in [0.4, 0.5) is 0 Å². The molecule has 0 aliphatic rings. The Labute approximate surface area is 335 Å². The van der Waals surface area contributed by atoms with Crippen LogP contribution in [0.5, 0.6) is 0 Å². The minimum Gasteiger partial charge on any atom is -0.247 e. The maximum Gasteiger partial charge on any atom is 0.164 e. The lowest BCUT2D eigenvalue weighted by atomic mass is 9.90. The summed E-state index contributed by atoms with van der Waals surface area (Å²) < 4.78 is 0. The van der Waals surface area contributed by atoms with Gasteiger partial charge in [0.2, 0.25) is 0 Å². The number of nitrogens with zero attached hydrogens (tertiary/aromatic N) is 4. The third kappa shape index (κ3) is 5.87. The first-order valence-corrected chi connectivity index (χ1v) is 19.6. The zero-order valence-electron chi connectivity index (χ0n) is 31.4. The molecule has 9 aromatic carbocycles. The minimum absolute atomic E-state index is 0.599. The van der Waals surface area contributed by atoms with Crippen molar-refractivity contribution >= 4 is 43.2 Å². The monoisotopic (exact) mass is 738 g/mol. The van der Waals surface area contributed by atoms with E-state index < -0.39 is 0 Å². The molecule has 0 fully saturated rings. The molecule has 0 bridgehead atoms. The van der Waals surface area contributed by atoms with E-state index in [4.69, 9.17) is 19.9 Å². The van der Waals surface area contributed by atoms with Gasteiger partial charge in [0.15, 0.2) is 17.5 Å². The fourth-order valence-electron chi connectivity index (χ4n) is 8.29. The normalized spacial score (nSPS) is 11.4. The lowest BCUT2D eigenvalue weighted by molar-refractivity contribution is 1.07. The molecule has 0 saturated carbocycles. The summed E-state index contributed by atoms with van der Waals surface area (Å²) in [4.78, 5) is 20.8. The number of benzene rings is 9. The SMILES string of the molecule is c1ccc(-c2ccc(-c3nc(-c4ccc(-c5ccccc5)cc4)nc(-c4cccc(-c5nc6ccccc6c6c7ccccc7c7ccccc7c56)c4)n3)cc2)cc1. The molecule has 2 heterocycles. The maximum atomic E-state index is 5.41. The van der Waals surface area contributed by atoms with Crippen molar-refractivity contribution in [1.29, 1.82) is 0 Å². The number of hydrogen-bond donors (Lipinski definition) is 0. The largest absolute Gasteiger partial charge is 0.247 e. The number of pyridine rings is 1. The molecule has 4 nitrogen and oxygen atoms in total. The van der Waals surface area contributed by atoms with Gasteiger partial charge >= 0.3 is 0 Å². The number of aromatic nitrogens is 4. The molecule has 11 rings (SSSR count). The summed E-state index contributed by atoms with van der Waals surface area (Å²) in [5, 5.41) is 8.33. The van der Waals surface area contributed by atoms with Gasteiger partial charge in [-0.05, 0) is 55.9 Å². The topological polar surface area (TPSA) is 51.6 Å². The first-order chi connectivity index (χ1) is 28.7. The molecule has 0 amide bonds. The number of fused-ring (bicyclic) bond motifs is 8. The minimum atomic E-state index is 0.599. The Hall–Kier alpha value is -7.82. The lowest BCUT2D eigenvalue weighted by Gasteiger charge is -2.16. The molecule has 58 heavy (non-hydrogen) atoms. The summed E-state index contributed by atoms with van der Waals surface area (Å²) >= 11 is 0. The molecule has 0 saturated heterocycles. The van der Waals surface area contributed by atoms with E-state index in [1.54, 1.807) is 0 Å². The second-order valence-electron chi connectivity index (χ2n) is 14.6. The predicted molar refractivity (Wildman–Crippen MR) is 240 cm³/mol. The molecule has 0 aliphatic heterocycles. The van der Waals surface area contributed by atoms with Gasteiger partial charge in [-0.3, -0.25) is 0 Å². The number of rotatable bonds is 6. The summed E-state index contributed by atoms with van der Waals surface area (Å²) in [6.07, 6.45) is 0.